The van der Waals surface area contributed by atoms with Crippen LogP contribution in [0.4, 0.5) is 0 Å². The van der Waals surface area contributed by atoms with Crippen molar-refractivity contribution in [3.63, 3.8) is 0 Å². The molecule has 1 aromatic heterocycles. The number of rotatable bonds is 2. The van der Waals surface area contributed by atoms with Crippen molar-refractivity contribution in [3.8, 4) is 0 Å². The number of pyridine rings is 1. The highest BCUT2D eigenvalue weighted by Gasteiger charge is 2.31. The van der Waals surface area contributed by atoms with Crippen molar-refractivity contribution in [2.75, 3.05) is 0 Å². The summed E-state index contributed by atoms with van der Waals surface area (Å²) in [5.41, 5.74) is 0.791. The first-order valence-corrected chi connectivity index (χ1v) is 7.17. The molecule has 17 heavy (non-hydrogen) atoms. The van der Waals surface area contributed by atoms with Gasteiger partial charge in [-0.1, -0.05) is 20.3 Å². The van der Waals surface area contributed by atoms with Gasteiger partial charge in [0, 0.05) is 10.7 Å². The van der Waals surface area contributed by atoms with Crippen molar-refractivity contribution in [3.05, 3.63) is 28.5 Å². The Morgan fingerprint density at radius 1 is 1.35 bits per heavy atom. The zero-order valence-corrected chi connectivity index (χ0v) is 12.0. The van der Waals surface area contributed by atoms with Crippen LogP contribution >= 0.6 is 15.9 Å². The minimum absolute atomic E-state index is 0.354. The van der Waals surface area contributed by atoms with Crippen LogP contribution in [0, 0.1) is 17.8 Å². The maximum Gasteiger partial charge on any atom is 0.0999 e. The van der Waals surface area contributed by atoms with E-state index in [1.54, 1.807) is 6.20 Å². The third-order valence-corrected chi connectivity index (χ3v) is 4.82. The molecule has 3 heteroatoms. The minimum Gasteiger partial charge on any atom is -0.386 e. The number of aliphatic hydroxyl groups excluding tert-OH is 1. The van der Waals surface area contributed by atoms with Gasteiger partial charge >= 0.3 is 0 Å². The van der Waals surface area contributed by atoms with Gasteiger partial charge in [0.05, 0.1) is 11.8 Å². The summed E-state index contributed by atoms with van der Waals surface area (Å²) >= 11 is 3.47. The van der Waals surface area contributed by atoms with E-state index in [9.17, 15) is 5.11 Å². The van der Waals surface area contributed by atoms with Gasteiger partial charge in [0.25, 0.3) is 0 Å². The zero-order chi connectivity index (χ0) is 12.4. The molecule has 1 saturated carbocycles. The molecule has 0 saturated heterocycles. The lowest BCUT2D eigenvalue weighted by atomic mass is 9.73. The van der Waals surface area contributed by atoms with Gasteiger partial charge in [-0.15, -0.1) is 0 Å². The smallest absolute Gasteiger partial charge is 0.0999 e. The van der Waals surface area contributed by atoms with Gasteiger partial charge in [0.2, 0.25) is 0 Å². The molecule has 1 aromatic rings. The molecular weight excluding hydrogens is 278 g/mol. The van der Waals surface area contributed by atoms with Crippen LogP contribution in [0.5, 0.6) is 0 Å². The summed E-state index contributed by atoms with van der Waals surface area (Å²) in [5.74, 6) is 1.84. The van der Waals surface area contributed by atoms with Crippen LogP contribution in [0.15, 0.2) is 22.8 Å². The van der Waals surface area contributed by atoms with Crippen LogP contribution in [0.1, 0.15) is 44.9 Å². The Morgan fingerprint density at radius 2 is 2.12 bits per heavy atom. The number of aliphatic hydroxyl groups is 1. The number of hydrogen-bond donors (Lipinski definition) is 1. The van der Waals surface area contributed by atoms with E-state index < -0.39 is 6.10 Å². The van der Waals surface area contributed by atoms with Gasteiger partial charge in [0.1, 0.15) is 0 Å². The summed E-state index contributed by atoms with van der Waals surface area (Å²) in [4.78, 5) is 4.30. The number of aromatic nitrogens is 1. The van der Waals surface area contributed by atoms with E-state index >= 15 is 0 Å². The van der Waals surface area contributed by atoms with Crippen molar-refractivity contribution in [1.29, 1.82) is 0 Å². The van der Waals surface area contributed by atoms with Crippen LogP contribution in [0.25, 0.3) is 0 Å². The topological polar surface area (TPSA) is 33.1 Å². The SMILES string of the molecule is CC1CCC(C(O)c2ncccc2Br)CC1C. The largest absolute Gasteiger partial charge is 0.386 e. The van der Waals surface area contributed by atoms with Crippen LogP contribution in [-0.2, 0) is 0 Å². The summed E-state index contributed by atoms with van der Waals surface area (Å²) < 4.78 is 0.916. The van der Waals surface area contributed by atoms with Gasteiger partial charge in [0.15, 0.2) is 0 Å². The summed E-state index contributed by atoms with van der Waals surface area (Å²) in [6.45, 7) is 4.60. The molecular formula is C14H20BrNO. The molecule has 0 amide bonds. The molecule has 1 fully saturated rings. The van der Waals surface area contributed by atoms with Crippen LogP contribution in [0.3, 0.4) is 0 Å². The lowest BCUT2D eigenvalue weighted by molar-refractivity contribution is 0.0526. The Hall–Kier alpha value is -0.410. The van der Waals surface area contributed by atoms with Gasteiger partial charge < -0.3 is 5.11 Å². The van der Waals surface area contributed by atoms with Gasteiger partial charge in [-0.3, -0.25) is 4.98 Å². The van der Waals surface area contributed by atoms with E-state index in [0.29, 0.717) is 11.8 Å². The molecule has 1 N–H and O–H groups in total. The van der Waals surface area contributed by atoms with E-state index in [0.717, 1.165) is 28.9 Å². The van der Waals surface area contributed by atoms with Gasteiger partial charge in [-0.25, -0.2) is 0 Å². The molecule has 4 unspecified atom stereocenters. The van der Waals surface area contributed by atoms with Crippen molar-refractivity contribution in [1.82, 2.24) is 4.98 Å². The molecule has 0 radical (unpaired) electrons. The highest BCUT2D eigenvalue weighted by atomic mass is 79.9. The monoisotopic (exact) mass is 297 g/mol. The fourth-order valence-corrected chi connectivity index (χ4v) is 3.20. The van der Waals surface area contributed by atoms with E-state index in [1.807, 2.05) is 12.1 Å². The molecule has 2 rings (SSSR count). The van der Waals surface area contributed by atoms with E-state index in [1.165, 1.54) is 6.42 Å². The molecule has 2 nitrogen and oxygen atoms in total. The Balaban J connectivity index is 2.10. The molecule has 0 aliphatic heterocycles. The molecule has 0 bridgehead atoms. The second kappa shape index (κ2) is 5.49. The first-order valence-electron chi connectivity index (χ1n) is 6.38. The molecule has 1 aliphatic carbocycles. The highest BCUT2D eigenvalue weighted by molar-refractivity contribution is 9.10. The summed E-state index contributed by atoms with van der Waals surface area (Å²) in [5, 5.41) is 10.4. The second-order valence-electron chi connectivity index (χ2n) is 5.34. The van der Waals surface area contributed by atoms with E-state index in [2.05, 4.69) is 34.8 Å². The molecule has 94 valence electrons. The first kappa shape index (κ1) is 13.0. The molecule has 0 spiro atoms. The van der Waals surface area contributed by atoms with Gasteiger partial charge in [-0.2, -0.15) is 0 Å². The lowest BCUT2D eigenvalue weighted by Gasteiger charge is -2.34. The normalized spacial score (nSPS) is 31.2. The first-order chi connectivity index (χ1) is 8.09. The Morgan fingerprint density at radius 3 is 2.76 bits per heavy atom. The maximum absolute atomic E-state index is 10.4. The zero-order valence-electron chi connectivity index (χ0n) is 10.4. The van der Waals surface area contributed by atoms with Crippen molar-refractivity contribution >= 4 is 15.9 Å². The molecule has 1 aliphatic rings. The van der Waals surface area contributed by atoms with Crippen LogP contribution in [0.2, 0.25) is 0 Å². The highest BCUT2D eigenvalue weighted by Crippen LogP contribution is 2.40. The number of hydrogen-bond acceptors (Lipinski definition) is 2. The summed E-state index contributed by atoms with van der Waals surface area (Å²) in [6.07, 6.45) is 4.74. The van der Waals surface area contributed by atoms with E-state index in [4.69, 9.17) is 0 Å². The lowest BCUT2D eigenvalue weighted by Crippen LogP contribution is -2.25. The third-order valence-electron chi connectivity index (χ3n) is 4.15. The average Bonchev–Trinajstić information content (AvgIpc) is 2.32. The van der Waals surface area contributed by atoms with Crippen LogP contribution in [-0.4, -0.2) is 10.1 Å². The third kappa shape index (κ3) is 2.89. The van der Waals surface area contributed by atoms with Crippen molar-refractivity contribution in [2.24, 2.45) is 17.8 Å². The molecule has 4 atom stereocenters. The van der Waals surface area contributed by atoms with Crippen molar-refractivity contribution < 1.29 is 5.11 Å². The van der Waals surface area contributed by atoms with Gasteiger partial charge in [-0.05, 0) is 58.7 Å². The maximum atomic E-state index is 10.4. The van der Waals surface area contributed by atoms with Crippen LogP contribution < -0.4 is 0 Å². The predicted molar refractivity (Wildman–Crippen MR) is 72.6 cm³/mol. The quantitative estimate of drug-likeness (QED) is 0.897. The fourth-order valence-electron chi connectivity index (χ4n) is 2.71. The number of halogens is 1. The fraction of sp³-hybridized carbons (Fsp3) is 0.643. The van der Waals surface area contributed by atoms with E-state index in [-0.39, 0.29) is 0 Å². The average molecular weight is 298 g/mol. The minimum atomic E-state index is -0.430. The molecule has 0 aromatic carbocycles. The Labute approximate surface area is 112 Å². The summed E-state index contributed by atoms with van der Waals surface area (Å²) in [6, 6.07) is 3.83. The Kier molecular flexibility index (Phi) is 4.21. The predicted octanol–water partition coefficient (Wildman–Crippen LogP) is 3.95. The number of nitrogens with zero attached hydrogens (tertiary/aromatic N) is 1. The van der Waals surface area contributed by atoms with Crippen molar-refractivity contribution in [2.45, 2.75) is 39.2 Å². The Bertz CT molecular complexity index is 382. The summed E-state index contributed by atoms with van der Waals surface area (Å²) in [7, 11) is 0. The second-order valence-corrected chi connectivity index (χ2v) is 6.20. The standard InChI is InChI=1S/C14H20BrNO/c1-9-5-6-11(8-10(9)2)14(17)13-12(15)4-3-7-16-13/h3-4,7,9-11,14,17H,5-6,8H2,1-2H3. The molecule has 1 heterocycles.